The second kappa shape index (κ2) is 9.02. The summed E-state index contributed by atoms with van der Waals surface area (Å²) in [4.78, 5) is 24.3. The lowest BCUT2D eigenvalue weighted by molar-refractivity contribution is -0.138. The van der Waals surface area contributed by atoms with Crippen molar-refractivity contribution in [1.82, 2.24) is 0 Å². The smallest absolute Gasteiger partial charge is 0.349 e. The molecule has 1 saturated carbocycles. The van der Waals surface area contributed by atoms with Crippen molar-refractivity contribution in [2.24, 2.45) is 5.92 Å². The SMILES string of the molecule is CCOC(=O)/C(C#N)=C1\CCCC1/C(SC)=C(/C#N)C(=O)OC. The zero-order valence-corrected chi connectivity index (χ0v) is 14.2. The maximum absolute atomic E-state index is 12.0. The predicted octanol–water partition coefficient (Wildman–Crippen LogP) is 2.48. The van der Waals surface area contributed by atoms with Crippen LogP contribution in [-0.2, 0) is 19.1 Å². The summed E-state index contributed by atoms with van der Waals surface area (Å²) >= 11 is 1.26. The molecule has 1 fully saturated rings. The molecule has 0 bridgehead atoms. The van der Waals surface area contributed by atoms with Crippen molar-refractivity contribution in [1.29, 1.82) is 10.5 Å². The van der Waals surface area contributed by atoms with E-state index < -0.39 is 11.9 Å². The lowest BCUT2D eigenvalue weighted by Gasteiger charge is -2.17. The van der Waals surface area contributed by atoms with Gasteiger partial charge in [-0.05, 0) is 38.0 Å². The van der Waals surface area contributed by atoms with Crippen LogP contribution < -0.4 is 0 Å². The maximum atomic E-state index is 12.0. The van der Waals surface area contributed by atoms with Gasteiger partial charge in [0.05, 0.1) is 13.7 Å². The molecule has 23 heavy (non-hydrogen) atoms. The van der Waals surface area contributed by atoms with E-state index in [2.05, 4.69) is 4.74 Å². The molecule has 0 radical (unpaired) electrons. The second-order valence-corrected chi connectivity index (χ2v) is 5.57. The van der Waals surface area contributed by atoms with Crippen molar-refractivity contribution in [3.63, 3.8) is 0 Å². The lowest BCUT2D eigenvalue weighted by atomic mass is 9.95. The molecule has 1 atom stereocenters. The Morgan fingerprint density at radius 2 is 2.00 bits per heavy atom. The topological polar surface area (TPSA) is 100 Å². The quantitative estimate of drug-likeness (QED) is 0.432. The van der Waals surface area contributed by atoms with Crippen molar-refractivity contribution in [2.75, 3.05) is 20.0 Å². The normalized spacial score (nSPS) is 20.0. The van der Waals surface area contributed by atoms with Gasteiger partial charge in [-0.1, -0.05) is 0 Å². The van der Waals surface area contributed by atoms with Crippen LogP contribution in [0.5, 0.6) is 0 Å². The Morgan fingerprint density at radius 1 is 1.30 bits per heavy atom. The highest BCUT2D eigenvalue weighted by Gasteiger charge is 2.33. The first kappa shape index (κ1) is 18.8. The number of ether oxygens (including phenoxy) is 2. The van der Waals surface area contributed by atoms with Gasteiger partial charge in [-0.3, -0.25) is 0 Å². The number of methoxy groups -OCH3 is 1. The predicted molar refractivity (Wildman–Crippen MR) is 84.8 cm³/mol. The number of carbonyl (C=O) groups excluding carboxylic acids is 2. The molecule has 0 amide bonds. The van der Waals surface area contributed by atoms with E-state index in [4.69, 9.17) is 4.74 Å². The molecular formula is C16H18N2O4S. The van der Waals surface area contributed by atoms with Gasteiger partial charge in [0.2, 0.25) is 0 Å². The van der Waals surface area contributed by atoms with E-state index in [1.54, 1.807) is 13.2 Å². The number of allylic oxidation sites excluding steroid dienone is 2. The van der Waals surface area contributed by atoms with Gasteiger partial charge in [0.25, 0.3) is 0 Å². The average Bonchev–Trinajstić information content (AvgIpc) is 3.01. The Morgan fingerprint density at radius 3 is 2.48 bits per heavy atom. The Kier molecular flexibility index (Phi) is 7.37. The Hall–Kier alpha value is -2.25. The minimum Gasteiger partial charge on any atom is -0.465 e. The van der Waals surface area contributed by atoms with Crippen molar-refractivity contribution in [2.45, 2.75) is 26.2 Å². The molecule has 1 aliphatic rings. The van der Waals surface area contributed by atoms with E-state index in [0.29, 0.717) is 23.3 Å². The third-order valence-corrected chi connectivity index (χ3v) is 4.48. The first-order valence-electron chi connectivity index (χ1n) is 7.12. The van der Waals surface area contributed by atoms with Crippen LogP contribution in [0.1, 0.15) is 26.2 Å². The van der Waals surface area contributed by atoms with E-state index in [-0.39, 0.29) is 23.7 Å². The third-order valence-electron chi connectivity index (χ3n) is 3.56. The molecule has 7 heteroatoms. The van der Waals surface area contributed by atoms with Crippen LogP contribution in [0.3, 0.4) is 0 Å². The largest absolute Gasteiger partial charge is 0.465 e. The molecule has 0 heterocycles. The van der Waals surface area contributed by atoms with Gasteiger partial charge in [-0.15, -0.1) is 11.8 Å². The summed E-state index contributed by atoms with van der Waals surface area (Å²) in [7, 11) is 1.21. The van der Waals surface area contributed by atoms with E-state index >= 15 is 0 Å². The molecule has 0 aliphatic heterocycles. The summed E-state index contributed by atoms with van der Waals surface area (Å²) < 4.78 is 9.57. The molecule has 0 N–H and O–H groups in total. The van der Waals surface area contributed by atoms with Crippen LogP contribution in [0.2, 0.25) is 0 Å². The molecule has 0 saturated heterocycles. The summed E-state index contributed by atoms with van der Waals surface area (Å²) in [5, 5.41) is 18.6. The molecular weight excluding hydrogens is 316 g/mol. The number of nitriles is 2. The summed E-state index contributed by atoms with van der Waals surface area (Å²) in [5.74, 6) is -1.68. The summed E-state index contributed by atoms with van der Waals surface area (Å²) in [6.07, 6.45) is 3.76. The highest BCUT2D eigenvalue weighted by atomic mass is 32.2. The van der Waals surface area contributed by atoms with Gasteiger partial charge >= 0.3 is 11.9 Å². The molecule has 0 aromatic heterocycles. The fraction of sp³-hybridized carbons (Fsp3) is 0.500. The summed E-state index contributed by atoms with van der Waals surface area (Å²) in [6.45, 7) is 1.85. The van der Waals surface area contributed by atoms with Gasteiger partial charge in [0.1, 0.15) is 23.3 Å². The minimum atomic E-state index is -0.710. The zero-order chi connectivity index (χ0) is 17.4. The van der Waals surface area contributed by atoms with Gasteiger partial charge < -0.3 is 9.47 Å². The summed E-state index contributed by atoms with van der Waals surface area (Å²) in [5.41, 5.74) is 0.528. The molecule has 0 aromatic rings. The zero-order valence-electron chi connectivity index (χ0n) is 13.3. The number of hydrogen-bond donors (Lipinski definition) is 0. The van der Waals surface area contributed by atoms with Crippen LogP contribution in [0, 0.1) is 28.6 Å². The van der Waals surface area contributed by atoms with Crippen molar-refractivity contribution in [3.05, 3.63) is 21.6 Å². The first-order valence-corrected chi connectivity index (χ1v) is 8.34. The number of thioether (sulfide) groups is 1. The Balaban J connectivity index is 3.42. The van der Waals surface area contributed by atoms with E-state index in [1.165, 1.54) is 18.9 Å². The Bertz CT molecular complexity index is 637. The van der Waals surface area contributed by atoms with Gasteiger partial charge in [0.15, 0.2) is 0 Å². The molecule has 1 aliphatic carbocycles. The number of hydrogen-bond acceptors (Lipinski definition) is 7. The van der Waals surface area contributed by atoms with Crippen LogP contribution in [0.25, 0.3) is 0 Å². The standard InChI is InChI=1S/C16H18N2O4S/c1-4-22-16(20)12(8-17)10-6-5-7-11(10)14(23-3)13(9-18)15(19)21-2/h11H,4-7H2,1-3H3/b12-10+,14-13+. The lowest BCUT2D eigenvalue weighted by Crippen LogP contribution is -2.14. The van der Waals surface area contributed by atoms with E-state index in [9.17, 15) is 20.1 Å². The van der Waals surface area contributed by atoms with Crippen molar-refractivity contribution < 1.29 is 19.1 Å². The van der Waals surface area contributed by atoms with Gasteiger partial charge in [-0.25, -0.2) is 9.59 Å². The molecule has 1 unspecified atom stereocenters. The Labute approximate surface area is 139 Å². The fourth-order valence-electron chi connectivity index (χ4n) is 2.61. The average molecular weight is 334 g/mol. The van der Waals surface area contributed by atoms with Crippen molar-refractivity contribution in [3.8, 4) is 12.1 Å². The maximum Gasteiger partial charge on any atom is 0.349 e. The number of carbonyl (C=O) groups is 2. The molecule has 6 nitrogen and oxygen atoms in total. The summed E-state index contributed by atoms with van der Waals surface area (Å²) in [6, 6.07) is 3.79. The first-order chi connectivity index (χ1) is 11.0. The molecule has 122 valence electrons. The third kappa shape index (κ3) is 4.14. The fourth-order valence-corrected chi connectivity index (χ4v) is 3.49. The van der Waals surface area contributed by atoms with Crippen LogP contribution in [-0.4, -0.2) is 31.9 Å². The minimum absolute atomic E-state index is 0.0249. The van der Waals surface area contributed by atoms with Crippen LogP contribution >= 0.6 is 11.8 Å². The number of nitrogens with zero attached hydrogens (tertiary/aromatic N) is 2. The van der Waals surface area contributed by atoms with Crippen LogP contribution in [0.15, 0.2) is 21.6 Å². The molecule has 1 rings (SSSR count). The highest BCUT2D eigenvalue weighted by Crippen LogP contribution is 2.43. The van der Waals surface area contributed by atoms with E-state index in [1.807, 2.05) is 12.1 Å². The van der Waals surface area contributed by atoms with Gasteiger partial charge in [0, 0.05) is 10.8 Å². The van der Waals surface area contributed by atoms with Gasteiger partial charge in [-0.2, -0.15) is 10.5 Å². The van der Waals surface area contributed by atoms with Crippen molar-refractivity contribution >= 4 is 23.7 Å². The second-order valence-electron chi connectivity index (χ2n) is 4.72. The molecule has 0 aromatic carbocycles. The molecule has 0 spiro atoms. The number of rotatable bonds is 5. The van der Waals surface area contributed by atoms with E-state index in [0.717, 1.165) is 6.42 Å². The number of esters is 2. The highest BCUT2D eigenvalue weighted by molar-refractivity contribution is 8.02. The van der Waals surface area contributed by atoms with Crippen LogP contribution in [0.4, 0.5) is 0 Å². The monoisotopic (exact) mass is 334 g/mol.